The molecule has 2 N–H and O–H groups in total. The molecule has 3 rings (SSSR count). The SMILES string of the molecule is CCN(CC(=O)O)C1CCN(C(=O)c2cc(=O)[nH]c3ccccc23)CC1. The molecule has 138 valence electrons. The van der Waals surface area contributed by atoms with Crippen LogP contribution in [0.5, 0.6) is 0 Å². The summed E-state index contributed by atoms with van der Waals surface area (Å²) >= 11 is 0. The van der Waals surface area contributed by atoms with Crippen LogP contribution in [0.1, 0.15) is 30.1 Å². The third kappa shape index (κ3) is 3.77. The number of hydrogen-bond donors (Lipinski definition) is 2. The van der Waals surface area contributed by atoms with Crippen molar-refractivity contribution in [3.05, 3.63) is 46.2 Å². The highest BCUT2D eigenvalue weighted by atomic mass is 16.4. The second-order valence-electron chi connectivity index (χ2n) is 6.57. The molecule has 1 saturated heterocycles. The summed E-state index contributed by atoms with van der Waals surface area (Å²) in [6, 6.07) is 8.80. The van der Waals surface area contributed by atoms with Crippen molar-refractivity contribution in [2.45, 2.75) is 25.8 Å². The Kier molecular flexibility index (Phi) is 5.37. The van der Waals surface area contributed by atoms with E-state index in [9.17, 15) is 14.4 Å². The second-order valence-corrected chi connectivity index (χ2v) is 6.57. The number of aromatic nitrogens is 1. The van der Waals surface area contributed by atoms with Gasteiger partial charge in [-0.05, 0) is 25.5 Å². The highest BCUT2D eigenvalue weighted by Crippen LogP contribution is 2.21. The van der Waals surface area contributed by atoms with Crippen LogP contribution in [-0.4, -0.2) is 64.0 Å². The largest absolute Gasteiger partial charge is 0.480 e. The number of aliphatic carboxylic acids is 1. The van der Waals surface area contributed by atoms with Crippen molar-refractivity contribution >= 4 is 22.8 Å². The number of H-pyrrole nitrogens is 1. The Bertz CT molecular complexity index is 868. The predicted octanol–water partition coefficient (Wildman–Crippen LogP) is 1.54. The van der Waals surface area contributed by atoms with E-state index in [1.54, 1.807) is 11.0 Å². The number of carboxylic acid groups (broad SMARTS) is 1. The number of carboxylic acids is 1. The number of piperidine rings is 1. The van der Waals surface area contributed by atoms with Crippen LogP contribution in [0.15, 0.2) is 35.1 Å². The third-order valence-corrected chi connectivity index (χ3v) is 4.99. The Hall–Kier alpha value is -2.67. The van der Waals surface area contributed by atoms with E-state index in [0.717, 1.165) is 18.2 Å². The van der Waals surface area contributed by atoms with E-state index in [0.29, 0.717) is 30.7 Å². The molecule has 2 aromatic rings. The molecule has 0 bridgehead atoms. The third-order valence-electron chi connectivity index (χ3n) is 4.99. The monoisotopic (exact) mass is 357 g/mol. The number of rotatable bonds is 5. The van der Waals surface area contributed by atoms with Gasteiger partial charge in [0.2, 0.25) is 5.56 Å². The molecular formula is C19H23N3O4. The van der Waals surface area contributed by atoms with Crippen LogP contribution in [0.4, 0.5) is 0 Å². The number of amides is 1. The van der Waals surface area contributed by atoms with Crippen molar-refractivity contribution in [2.75, 3.05) is 26.2 Å². The highest BCUT2D eigenvalue weighted by Gasteiger charge is 2.28. The summed E-state index contributed by atoms with van der Waals surface area (Å²) in [4.78, 5) is 42.3. The highest BCUT2D eigenvalue weighted by molar-refractivity contribution is 6.05. The van der Waals surface area contributed by atoms with Crippen molar-refractivity contribution < 1.29 is 14.7 Å². The number of fused-ring (bicyclic) bond motifs is 1. The summed E-state index contributed by atoms with van der Waals surface area (Å²) in [5.41, 5.74) is 0.776. The Balaban J connectivity index is 1.75. The first-order valence-corrected chi connectivity index (χ1v) is 8.86. The van der Waals surface area contributed by atoms with Gasteiger partial charge in [0.05, 0.1) is 12.1 Å². The molecule has 1 aliphatic rings. The second kappa shape index (κ2) is 7.70. The maximum atomic E-state index is 13.0. The minimum absolute atomic E-state index is 0.0216. The van der Waals surface area contributed by atoms with Crippen molar-refractivity contribution in [1.29, 1.82) is 0 Å². The van der Waals surface area contributed by atoms with E-state index >= 15 is 0 Å². The summed E-state index contributed by atoms with van der Waals surface area (Å²) in [5, 5.41) is 9.76. The van der Waals surface area contributed by atoms with Gasteiger partial charge < -0.3 is 15.0 Å². The van der Waals surface area contributed by atoms with Gasteiger partial charge in [0, 0.05) is 36.1 Å². The Morgan fingerprint density at radius 1 is 1.27 bits per heavy atom. The van der Waals surface area contributed by atoms with Crippen LogP contribution in [-0.2, 0) is 4.79 Å². The molecule has 0 atom stereocenters. The minimum atomic E-state index is -0.833. The number of benzene rings is 1. The number of pyridine rings is 1. The van der Waals surface area contributed by atoms with Crippen LogP contribution in [0.2, 0.25) is 0 Å². The molecule has 1 aromatic heterocycles. The van der Waals surface area contributed by atoms with Crippen molar-refractivity contribution in [3.8, 4) is 0 Å². The normalized spacial score (nSPS) is 15.5. The van der Waals surface area contributed by atoms with Crippen LogP contribution < -0.4 is 5.56 Å². The lowest BCUT2D eigenvalue weighted by molar-refractivity contribution is -0.139. The van der Waals surface area contributed by atoms with Crippen molar-refractivity contribution in [2.24, 2.45) is 0 Å². The lowest BCUT2D eigenvalue weighted by Crippen LogP contribution is -2.48. The fourth-order valence-electron chi connectivity index (χ4n) is 3.66. The smallest absolute Gasteiger partial charge is 0.317 e. The molecular weight excluding hydrogens is 334 g/mol. The molecule has 2 heterocycles. The van der Waals surface area contributed by atoms with Crippen LogP contribution in [0.25, 0.3) is 10.9 Å². The van der Waals surface area contributed by atoms with Crippen molar-refractivity contribution in [3.63, 3.8) is 0 Å². The number of nitrogens with one attached hydrogen (secondary N) is 1. The summed E-state index contributed by atoms with van der Waals surface area (Å²) in [5.74, 6) is -0.979. The number of hydrogen-bond acceptors (Lipinski definition) is 4. The predicted molar refractivity (Wildman–Crippen MR) is 98.4 cm³/mol. The summed E-state index contributed by atoms with van der Waals surface area (Å²) in [6.07, 6.45) is 1.46. The molecule has 0 unspecified atom stereocenters. The van der Waals surface area contributed by atoms with E-state index in [2.05, 4.69) is 4.98 Å². The average molecular weight is 357 g/mol. The van der Waals surface area contributed by atoms with Gasteiger partial charge >= 0.3 is 5.97 Å². The van der Waals surface area contributed by atoms with E-state index in [1.807, 2.05) is 30.0 Å². The van der Waals surface area contributed by atoms with Crippen molar-refractivity contribution in [1.82, 2.24) is 14.8 Å². The first kappa shape index (κ1) is 18.1. The molecule has 1 fully saturated rings. The fraction of sp³-hybridized carbons (Fsp3) is 0.421. The minimum Gasteiger partial charge on any atom is -0.480 e. The number of likely N-dealkylation sites (tertiary alicyclic amines) is 1. The molecule has 0 aliphatic carbocycles. The molecule has 1 aromatic carbocycles. The van der Waals surface area contributed by atoms with Gasteiger partial charge in [0.1, 0.15) is 0 Å². The Labute approximate surface area is 151 Å². The molecule has 7 nitrogen and oxygen atoms in total. The van der Waals surface area contributed by atoms with E-state index in [4.69, 9.17) is 5.11 Å². The molecule has 1 aliphatic heterocycles. The van der Waals surface area contributed by atoms with Gasteiger partial charge in [-0.15, -0.1) is 0 Å². The standard InChI is InChI=1S/C19H23N3O4/c1-2-21(12-18(24)25)13-7-9-22(10-8-13)19(26)15-11-17(23)20-16-6-4-3-5-14(15)16/h3-6,11,13H,2,7-10,12H2,1H3,(H,20,23)(H,24,25). The first-order valence-electron chi connectivity index (χ1n) is 8.86. The molecule has 0 spiro atoms. The van der Waals surface area contributed by atoms with Gasteiger partial charge in [-0.25, -0.2) is 0 Å². The zero-order chi connectivity index (χ0) is 18.7. The van der Waals surface area contributed by atoms with Gasteiger partial charge in [0.25, 0.3) is 5.91 Å². The van der Waals surface area contributed by atoms with E-state index in [1.165, 1.54) is 6.07 Å². The molecule has 0 radical (unpaired) electrons. The van der Waals surface area contributed by atoms with Crippen LogP contribution in [0.3, 0.4) is 0 Å². The van der Waals surface area contributed by atoms with E-state index < -0.39 is 5.97 Å². The van der Waals surface area contributed by atoms with Gasteiger partial charge in [-0.3, -0.25) is 19.3 Å². The van der Waals surface area contributed by atoms with E-state index in [-0.39, 0.29) is 24.1 Å². The average Bonchev–Trinajstić information content (AvgIpc) is 2.65. The number of aromatic amines is 1. The maximum Gasteiger partial charge on any atom is 0.317 e. The number of likely N-dealkylation sites (N-methyl/N-ethyl adjacent to an activating group) is 1. The number of para-hydroxylation sites is 1. The maximum absolute atomic E-state index is 13.0. The number of carbonyl (C=O) groups excluding carboxylic acids is 1. The zero-order valence-corrected chi connectivity index (χ0v) is 14.8. The van der Waals surface area contributed by atoms with Gasteiger partial charge in [-0.2, -0.15) is 0 Å². The van der Waals surface area contributed by atoms with Gasteiger partial charge in [0.15, 0.2) is 0 Å². The molecule has 26 heavy (non-hydrogen) atoms. The molecule has 7 heteroatoms. The Morgan fingerprint density at radius 2 is 1.96 bits per heavy atom. The summed E-state index contributed by atoms with van der Waals surface area (Å²) < 4.78 is 0. The molecule has 1 amide bonds. The lowest BCUT2D eigenvalue weighted by atomic mass is 10.0. The fourth-order valence-corrected chi connectivity index (χ4v) is 3.66. The van der Waals surface area contributed by atoms with Gasteiger partial charge in [-0.1, -0.05) is 25.1 Å². The first-order chi connectivity index (χ1) is 12.5. The Morgan fingerprint density at radius 3 is 2.62 bits per heavy atom. The summed E-state index contributed by atoms with van der Waals surface area (Å²) in [7, 11) is 0. The quantitative estimate of drug-likeness (QED) is 0.847. The zero-order valence-electron chi connectivity index (χ0n) is 14.8. The lowest BCUT2D eigenvalue weighted by Gasteiger charge is -2.37. The molecule has 0 saturated carbocycles. The summed E-state index contributed by atoms with van der Waals surface area (Å²) in [6.45, 7) is 3.75. The number of nitrogens with zero attached hydrogens (tertiary/aromatic N) is 2. The van der Waals surface area contributed by atoms with Crippen LogP contribution >= 0.6 is 0 Å². The topological polar surface area (TPSA) is 93.7 Å². The number of carbonyl (C=O) groups is 2. The van der Waals surface area contributed by atoms with Crippen LogP contribution in [0, 0.1) is 0 Å².